The first kappa shape index (κ1) is 12.6. The lowest BCUT2D eigenvalue weighted by Crippen LogP contribution is -2.07. The summed E-state index contributed by atoms with van der Waals surface area (Å²) in [6.07, 6.45) is 0.465. The van der Waals surface area contributed by atoms with E-state index in [4.69, 9.17) is 5.11 Å². The smallest absolute Gasteiger partial charge is 0.307 e. The van der Waals surface area contributed by atoms with Crippen molar-refractivity contribution in [2.45, 2.75) is 18.2 Å². The predicted molar refractivity (Wildman–Crippen MR) is 55.6 cm³/mol. The molecule has 6 heteroatoms. The largest absolute Gasteiger partial charge is 0.481 e. The van der Waals surface area contributed by atoms with Crippen LogP contribution in [0.4, 0.5) is 4.39 Å². The lowest BCUT2D eigenvalue weighted by Gasteiger charge is -2.07. The van der Waals surface area contributed by atoms with E-state index in [1.165, 1.54) is 6.92 Å². The lowest BCUT2D eigenvalue weighted by atomic mass is 10.1. The van der Waals surface area contributed by atoms with E-state index in [2.05, 4.69) is 0 Å². The Morgan fingerprint density at radius 2 is 2.00 bits per heavy atom. The van der Waals surface area contributed by atoms with E-state index in [1.807, 2.05) is 0 Å². The number of hydrogen-bond acceptors (Lipinski definition) is 3. The summed E-state index contributed by atoms with van der Waals surface area (Å²) >= 11 is 0. The molecule has 0 saturated heterocycles. The quantitative estimate of drug-likeness (QED) is 0.812. The third-order valence-electron chi connectivity index (χ3n) is 2.09. The fraction of sp³-hybridized carbons (Fsp3) is 0.300. The molecule has 0 bridgehead atoms. The Bertz CT molecular complexity index is 534. The van der Waals surface area contributed by atoms with Crippen LogP contribution >= 0.6 is 0 Å². The van der Waals surface area contributed by atoms with Crippen molar-refractivity contribution in [3.8, 4) is 0 Å². The van der Waals surface area contributed by atoms with Gasteiger partial charge in [0.25, 0.3) is 0 Å². The maximum atomic E-state index is 13.3. The number of aryl methyl sites for hydroxylation is 1. The van der Waals surface area contributed by atoms with Gasteiger partial charge in [0, 0.05) is 11.8 Å². The average Bonchev–Trinajstić information content (AvgIpc) is 2.06. The number of hydrogen-bond donors (Lipinski definition) is 1. The van der Waals surface area contributed by atoms with Gasteiger partial charge in [-0.15, -0.1) is 0 Å². The lowest BCUT2D eigenvalue weighted by molar-refractivity contribution is -0.136. The molecule has 0 spiro atoms. The Hall–Kier alpha value is -1.43. The van der Waals surface area contributed by atoms with Crippen LogP contribution in [-0.2, 0) is 21.1 Å². The van der Waals surface area contributed by atoms with Gasteiger partial charge in [-0.05, 0) is 24.6 Å². The van der Waals surface area contributed by atoms with Crippen molar-refractivity contribution >= 4 is 15.8 Å². The summed E-state index contributed by atoms with van der Waals surface area (Å²) in [5.41, 5.74) is 0.146. The van der Waals surface area contributed by atoms with Crippen molar-refractivity contribution in [3.63, 3.8) is 0 Å². The normalized spacial score (nSPS) is 11.4. The molecular formula is C10H11FO4S. The van der Waals surface area contributed by atoms with Crippen LogP contribution in [0.15, 0.2) is 17.0 Å². The van der Waals surface area contributed by atoms with Gasteiger partial charge in [0.1, 0.15) is 5.82 Å². The number of benzene rings is 1. The van der Waals surface area contributed by atoms with Gasteiger partial charge >= 0.3 is 5.97 Å². The highest BCUT2D eigenvalue weighted by atomic mass is 32.2. The standard InChI is InChI=1S/C10H11FO4S/c1-6-3-8(11)7(5-10(12)13)4-9(6)16(2,14)15/h3-4H,5H2,1-2H3,(H,12,13). The Morgan fingerprint density at radius 3 is 2.44 bits per heavy atom. The summed E-state index contributed by atoms with van der Waals surface area (Å²) in [4.78, 5) is 10.4. The molecule has 0 saturated carbocycles. The van der Waals surface area contributed by atoms with Gasteiger partial charge in [-0.3, -0.25) is 4.79 Å². The van der Waals surface area contributed by atoms with Gasteiger partial charge in [-0.1, -0.05) is 0 Å². The van der Waals surface area contributed by atoms with Crippen molar-refractivity contribution in [3.05, 3.63) is 29.1 Å². The molecule has 4 nitrogen and oxygen atoms in total. The van der Waals surface area contributed by atoms with E-state index in [0.717, 1.165) is 18.4 Å². The van der Waals surface area contributed by atoms with Gasteiger partial charge in [0.15, 0.2) is 9.84 Å². The zero-order valence-corrected chi connectivity index (χ0v) is 9.64. The summed E-state index contributed by atoms with van der Waals surface area (Å²) in [6, 6.07) is 2.11. The first-order chi connectivity index (χ1) is 7.21. The maximum Gasteiger partial charge on any atom is 0.307 e. The minimum Gasteiger partial charge on any atom is -0.481 e. The van der Waals surface area contributed by atoms with Crippen molar-refractivity contribution in [1.82, 2.24) is 0 Å². The molecule has 0 atom stereocenters. The van der Waals surface area contributed by atoms with E-state index in [1.54, 1.807) is 0 Å². The molecule has 0 aromatic heterocycles. The Balaban J connectivity index is 3.38. The molecule has 0 unspecified atom stereocenters. The van der Waals surface area contributed by atoms with Crippen molar-refractivity contribution in [1.29, 1.82) is 0 Å². The fourth-order valence-electron chi connectivity index (χ4n) is 1.39. The van der Waals surface area contributed by atoms with Gasteiger partial charge in [0.2, 0.25) is 0 Å². The third kappa shape index (κ3) is 2.79. The molecule has 0 fully saturated rings. The highest BCUT2D eigenvalue weighted by Gasteiger charge is 2.16. The summed E-state index contributed by atoms with van der Waals surface area (Å²) in [5, 5.41) is 8.54. The van der Waals surface area contributed by atoms with Crippen LogP contribution in [0.1, 0.15) is 11.1 Å². The minimum atomic E-state index is -3.47. The van der Waals surface area contributed by atoms with Crippen LogP contribution in [0, 0.1) is 12.7 Å². The number of carboxylic acids is 1. The predicted octanol–water partition coefficient (Wildman–Crippen LogP) is 1.16. The van der Waals surface area contributed by atoms with Crippen molar-refractivity contribution < 1.29 is 22.7 Å². The molecule has 1 rings (SSSR count). The van der Waals surface area contributed by atoms with Gasteiger partial charge < -0.3 is 5.11 Å². The number of halogens is 1. The minimum absolute atomic E-state index is 0.0369. The SMILES string of the molecule is Cc1cc(F)c(CC(=O)O)cc1S(C)(=O)=O. The molecule has 16 heavy (non-hydrogen) atoms. The number of rotatable bonds is 3. The summed E-state index contributed by atoms with van der Waals surface area (Å²) in [6.45, 7) is 1.46. The molecule has 1 N–H and O–H groups in total. The number of carbonyl (C=O) groups is 1. The van der Waals surface area contributed by atoms with Crippen LogP contribution in [0.25, 0.3) is 0 Å². The van der Waals surface area contributed by atoms with E-state index in [-0.39, 0.29) is 16.0 Å². The third-order valence-corrected chi connectivity index (χ3v) is 3.32. The molecular weight excluding hydrogens is 235 g/mol. The summed E-state index contributed by atoms with van der Waals surface area (Å²) < 4.78 is 36.0. The highest BCUT2D eigenvalue weighted by Crippen LogP contribution is 2.20. The second kappa shape index (κ2) is 4.21. The molecule has 0 amide bonds. The summed E-state index contributed by atoms with van der Waals surface area (Å²) in [7, 11) is -3.47. The first-order valence-electron chi connectivity index (χ1n) is 4.42. The van der Waals surface area contributed by atoms with Gasteiger partial charge in [-0.25, -0.2) is 12.8 Å². The maximum absolute atomic E-state index is 13.3. The molecule has 1 aromatic carbocycles. The second-order valence-electron chi connectivity index (χ2n) is 3.55. The van der Waals surface area contributed by atoms with Crippen molar-refractivity contribution in [2.75, 3.05) is 6.26 Å². The van der Waals surface area contributed by atoms with Gasteiger partial charge in [-0.2, -0.15) is 0 Å². The molecule has 0 radical (unpaired) electrons. The topological polar surface area (TPSA) is 71.4 Å². The van der Waals surface area contributed by atoms with Crippen LogP contribution < -0.4 is 0 Å². The number of sulfone groups is 1. The highest BCUT2D eigenvalue weighted by molar-refractivity contribution is 7.90. The molecule has 0 aliphatic carbocycles. The monoisotopic (exact) mass is 246 g/mol. The van der Waals surface area contributed by atoms with Crippen LogP contribution in [0.5, 0.6) is 0 Å². The van der Waals surface area contributed by atoms with Gasteiger partial charge in [0.05, 0.1) is 11.3 Å². The number of aliphatic carboxylic acids is 1. The average molecular weight is 246 g/mol. The molecule has 0 heterocycles. The summed E-state index contributed by atoms with van der Waals surface area (Å²) in [5.74, 6) is -1.91. The van der Waals surface area contributed by atoms with Crippen LogP contribution in [-0.4, -0.2) is 25.7 Å². The molecule has 88 valence electrons. The first-order valence-corrected chi connectivity index (χ1v) is 6.32. The Kier molecular flexibility index (Phi) is 3.32. The molecule has 0 aliphatic heterocycles. The fourth-order valence-corrected chi connectivity index (χ4v) is 2.39. The number of carboxylic acid groups (broad SMARTS) is 1. The molecule has 0 aliphatic rings. The van der Waals surface area contributed by atoms with Crippen LogP contribution in [0.3, 0.4) is 0 Å². The van der Waals surface area contributed by atoms with E-state index in [0.29, 0.717) is 0 Å². The zero-order chi connectivity index (χ0) is 12.5. The second-order valence-corrected chi connectivity index (χ2v) is 5.54. The zero-order valence-electron chi connectivity index (χ0n) is 8.82. The van der Waals surface area contributed by atoms with E-state index < -0.39 is 28.0 Å². The van der Waals surface area contributed by atoms with Crippen LogP contribution in [0.2, 0.25) is 0 Å². The molecule has 1 aromatic rings. The Labute approximate surface area is 92.6 Å². The Morgan fingerprint density at radius 1 is 1.44 bits per heavy atom. The van der Waals surface area contributed by atoms with E-state index >= 15 is 0 Å². The van der Waals surface area contributed by atoms with Crippen molar-refractivity contribution in [2.24, 2.45) is 0 Å². The van der Waals surface area contributed by atoms with E-state index in [9.17, 15) is 17.6 Å².